The van der Waals surface area contributed by atoms with Crippen molar-refractivity contribution < 1.29 is 14.7 Å². The third-order valence-corrected chi connectivity index (χ3v) is 2.86. The normalized spacial score (nSPS) is 9.86. The first kappa shape index (κ1) is 17.4. The number of likely N-dealkylation sites (N-methyl/N-ethyl adjacent to an activating group) is 1. The number of nitrogens with zero attached hydrogens (tertiary/aromatic N) is 4. The van der Waals surface area contributed by atoms with Gasteiger partial charge in [-0.25, -0.2) is 4.79 Å². The third kappa shape index (κ3) is 5.76. The van der Waals surface area contributed by atoms with Crippen LogP contribution in [0.2, 0.25) is 0 Å². The number of rotatable bonds is 7. The van der Waals surface area contributed by atoms with Crippen LogP contribution in [0.15, 0.2) is 18.3 Å². The van der Waals surface area contributed by atoms with E-state index in [9.17, 15) is 14.7 Å². The van der Waals surface area contributed by atoms with Crippen molar-refractivity contribution in [3.05, 3.63) is 29.6 Å². The van der Waals surface area contributed by atoms with Crippen molar-refractivity contribution in [3.63, 3.8) is 0 Å². The van der Waals surface area contributed by atoms with Crippen molar-refractivity contribution in [2.45, 2.75) is 13.1 Å². The zero-order valence-corrected chi connectivity index (χ0v) is 12.6. The van der Waals surface area contributed by atoms with E-state index in [0.717, 1.165) is 10.5 Å². The minimum atomic E-state index is -1.18. The molecule has 0 fully saturated rings. The molecule has 22 heavy (non-hydrogen) atoms. The molecule has 2 amide bonds. The fourth-order valence-corrected chi connectivity index (χ4v) is 1.68. The molecule has 0 radical (unpaired) electrons. The van der Waals surface area contributed by atoms with Crippen LogP contribution in [0.3, 0.4) is 0 Å². The van der Waals surface area contributed by atoms with Crippen LogP contribution >= 0.6 is 0 Å². The van der Waals surface area contributed by atoms with Gasteiger partial charge in [0.1, 0.15) is 6.54 Å². The molecule has 0 unspecified atom stereocenters. The minimum absolute atomic E-state index is 0.0288. The molecular formula is C14H19N5O3. The van der Waals surface area contributed by atoms with Crippen molar-refractivity contribution >= 4 is 12.0 Å². The van der Waals surface area contributed by atoms with Crippen LogP contribution in [0.25, 0.3) is 0 Å². The molecule has 1 aromatic heterocycles. The van der Waals surface area contributed by atoms with Gasteiger partial charge in [-0.05, 0) is 17.7 Å². The number of amides is 2. The summed E-state index contributed by atoms with van der Waals surface area (Å²) >= 11 is 0. The molecule has 1 aromatic rings. The van der Waals surface area contributed by atoms with Crippen LogP contribution in [-0.4, -0.2) is 59.1 Å². The molecule has 0 spiro atoms. The molecule has 118 valence electrons. The SMILES string of the molecule is CN(C)C(=O)CN(Cc1cc(CNCC#N)ccn1)C(=O)O. The zero-order valence-electron chi connectivity index (χ0n) is 12.6. The van der Waals surface area contributed by atoms with Crippen molar-refractivity contribution in [1.29, 1.82) is 5.26 Å². The highest BCUT2D eigenvalue weighted by atomic mass is 16.4. The second-order valence-corrected chi connectivity index (χ2v) is 4.84. The number of pyridine rings is 1. The molecule has 0 atom stereocenters. The third-order valence-electron chi connectivity index (χ3n) is 2.86. The maximum absolute atomic E-state index is 11.6. The predicted octanol–water partition coefficient (Wildman–Crippen LogP) is 0.263. The molecule has 2 N–H and O–H groups in total. The minimum Gasteiger partial charge on any atom is -0.465 e. The lowest BCUT2D eigenvalue weighted by Crippen LogP contribution is -2.39. The van der Waals surface area contributed by atoms with Gasteiger partial charge in [0.15, 0.2) is 0 Å². The quantitative estimate of drug-likeness (QED) is 0.552. The summed E-state index contributed by atoms with van der Waals surface area (Å²) in [6.07, 6.45) is 0.400. The summed E-state index contributed by atoms with van der Waals surface area (Å²) in [7, 11) is 3.14. The van der Waals surface area contributed by atoms with Gasteiger partial charge in [-0.3, -0.25) is 14.7 Å². The molecule has 1 rings (SSSR count). The summed E-state index contributed by atoms with van der Waals surface area (Å²) in [6.45, 7) is 0.533. The lowest BCUT2D eigenvalue weighted by molar-refractivity contribution is -0.129. The zero-order chi connectivity index (χ0) is 16.5. The Morgan fingerprint density at radius 2 is 2.18 bits per heavy atom. The molecule has 0 saturated heterocycles. The molecule has 0 aliphatic rings. The van der Waals surface area contributed by atoms with E-state index in [1.807, 2.05) is 6.07 Å². The average molecular weight is 305 g/mol. The number of aromatic nitrogens is 1. The van der Waals surface area contributed by atoms with Crippen molar-refractivity contribution in [2.24, 2.45) is 0 Å². The van der Waals surface area contributed by atoms with E-state index in [-0.39, 0.29) is 25.5 Å². The fourth-order valence-electron chi connectivity index (χ4n) is 1.68. The van der Waals surface area contributed by atoms with E-state index in [4.69, 9.17) is 5.26 Å². The van der Waals surface area contributed by atoms with E-state index in [2.05, 4.69) is 10.3 Å². The molecule has 1 heterocycles. The lowest BCUT2D eigenvalue weighted by atomic mass is 10.2. The van der Waals surface area contributed by atoms with E-state index < -0.39 is 6.09 Å². The Hall–Kier alpha value is -2.66. The van der Waals surface area contributed by atoms with Gasteiger partial charge in [-0.15, -0.1) is 0 Å². The summed E-state index contributed by atoms with van der Waals surface area (Å²) < 4.78 is 0. The fraction of sp³-hybridized carbons (Fsp3) is 0.429. The number of carbonyl (C=O) groups excluding carboxylic acids is 1. The molecule has 0 bridgehead atoms. The Balaban J connectivity index is 2.73. The van der Waals surface area contributed by atoms with Gasteiger partial charge in [-0.2, -0.15) is 5.26 Å². The Labute approximate surface area is 129 Å². The highest BCUT2D eigenvalue weighted by Gasteiger charge is 2.18. The Kier molecular flexibility index (Phi) is 6.79. The highest BCUT2D eigenvalue weighted by Crippen LogP contribution is 2.06. The van der Waals surface area contributed by atoms with Gasteiger partial charge < -0.3 is 15.3 Å². The number of nitrogens with one attached hydrogen (secondary N) is 1. The van der Waals surface area contributed by atoms with E-state index >= 15 is 0 Å². The summed E-state index contributed by atoms with van der Waals surface area (Å²) in [5.74, 6) is -0.297. The summed E-state index contributed by atoms with van der Waals surface area (Å²) in [4.78, 5) is 29.4. The maximum atomic E-state index is 11.6. The Morgan fingerprint density at radius 3 is 2.77 bits per heavy atom. The van der Waals surface area contributed by atoms with Crippen LogP contribution in [0.5, 0.6) is 0 Å². The Bertz CT molecular complexity index is 568. The summed E-state index contributed by atoms with van der Waals surface area (Å²) in [6, 6.07) is 5.51. The van der Waals surface area contributed by atoms with Gasteiger partial charge >= 0.3 is 6.09 Å². The number of carboxylic acid groups (broad SMARTS) is 1. The van der Waals surface area contributed by atoms with E-state index in [0.29, 0.717) is 12.2 Å². The van der Waals surface area contributed by atoms with Crippen LogP contribution in [0.1, 0.15) is 11.3 Å². The van der Waals surface area contributed by atoms with E-state index in [1.54, 1.807) is 32.4 Å². The van der Waals surface area contributed by atoms with Crippen LogP contribution in [0.4, 0.5) is 4.79 Å². The first-order chi connectivity index (χ1) is 10.4. The molecule has 0 aliphatic heterocycles. The van der Waals surface area contributed by atoms with Crippen LogP contribution in [0, 0.1) is 11.3 Å². The number of hydrogen-bond donors (Lipinski definition) is 2. The first-order valence-electron chi connectivity index (χ1n) is 6.63. The van der Waals surface area contributed by atoms with Crippen molar-refractivity contribution in [2.75, 3.05) is 27.2 Å². The first-order valence-corrected chi connectivity index (χ1v) is 6.63. The summed E-state index contributed by atoms with van der Waals surface area (Å²) in [5, 5.41) is 20.6. The molecule has 0 aliphatic carbocycles. The van der Waals surface area contributed by atoms with E-state index in [1.165, 1.54) is 4.90 Å². The van der Waals surface area contributed by atoms with Crippen LogP contribution in [-0.2, 0) is 17.9 Å². The van der Waals surface area contributed by atoms with Crippen LogP contribution < -0.4 is 5.32 Å². The van der Waals surface area contributed by atoms with Gasteiger partial charge in [0.25, 0.3) is 0 Å². The lowest BCUT2D eigenvalue weighted by Gasteiger charge is -2.20. The number of nitriles is 1. The van der Waals surface area contributed by atoms with Crippen molar-refractivity contribution in [3.8, 4) is 6.07 Å². The largest absolute Gasteiger partial charge is 0.465 e. The Morgan fingerprint density at radius 1 is 1.45 bits per heavy atom. The second-order valence-electron chi connectivity index (χ2n) is 4.84. The topological polar surface area (TPSA) is 110 Å². The standard InChI is InChI=1S/C14H19N5O3/c1-18(2)13(20)10-19(14(21)22)9-12-7-11(3-5-17-12)8-16-6-4-15/h3,5,7,16H,6,8-10H2,1-2H3,(H,21,22). The van der Waals surface area contributed by atoms with Crippen molar-refractivity contribution in [1.82, 2.24) is 20.1 Å². The van der Waals surface area contributed by atoms with Gasteiger partial charge in [0.05, 0.1) is 24.9 Å². The molecule has 0 saturated carbocycles. The average Bonchev–Trinajstić information content (AvgIpc) is 2.47. The predicted molar refractivity (Wildman–Crippen MR) is 78.7 cm³/mol. The maximum Gasteiger partial charge on any atom is 0.408 e. The van der Waals surface area contributed by atoms with Gasteiger partial charge in [0.2, 0.25) is 5.91 Å². The molecule has 0 aromatic carbocycles. The molecule has 8 nitrogen and oxygen atoms in total. The highest BCUT2D eigenvalue weighted by molar-refractivity contribution is 5.81. The van der Waals surface area contributed by atoms with Gasteiger partial charge in [0, 0.05) is 26.8 Å². The number of carbonyl (C=O) groups is 2. The molecule has 8 heteroatoms. The number of hydrogen-bond acceptors (Lipinski definition) is 5. The monoisotopic (exact) mass is 305 g/mol. The summed E-state index contributed by atoms with van der Waals surface area (Å²) in [5.41, 5.74) is 1.44. The smallest absolute Gasteiger partial charge is 0.408 e. The van der Waals surface area contributed by atoms with Gasteiger partial charge in [-0.1, -0.05) is 0 Å². The molecular weight excluding hydrogens is 286 g/mol. The second kappa shape index (κ2) is 8.59.